The molecule has 0 aliphatic rings. The Hall–Kier alpha value is -3.35. The highest BCUT2D eigenvalue weighted by atomic mass is 19.4. The first kappa shape index (κ1) is 20.4. The largest absolute Gasteiger partial charge is 0.483 e. The lowest BCUT2D eigenvalue weighted by atomic mass is 10.0. The van der Waals surface area contributed by atoms with Gasteiger partial charge >= 0.3 is 6.18 Å². The number of amides is 1. The molecule has 150 valence electrons. The van der Waals surface area contributed by atoms with Crippen LogP contribution in [0.3, 0.4) is 0 Å². The molecule has 4 nitrogen and oxygen atoms in total. The third-order valence-corrected chi connectivity index (χ3v) is 4.41. The van der Waals surface area contributed by atoms with Gasteiger partial charge in [0, 0.05) is 13.2 Å². The Bertz CT molecular complexity index is 908. The van der Waals surface area contributed by atoms with Gasteiger partial charge in [0.25, 0.3) is 5.91 Å². The molecule has 1 aromatic heterocycles. The molecular formula is C22H19F3N2O2. The molecule has 0 saturated heterocycles. The predicted molar refractivity (Wildman–Crippen MR) is 102 cm³/mol. The lowest BCUT2D eigenvalue weighted by Crippen LogP contribution is -2.36. The Balaban J connectivity index is 1.81. The molecule has 0 aliphatic carbocycles. The number of aromatic nitrogens is 1. The van der Waals surface area contributed by atoms with Gasteiger partial charge in [-0.1, -0.05) is 48.5 Å². The van der Waals surface area contributed by atoms with E-state index in [0.717, 1.165) is 11.6 Å². The number of alkyl halides is 3. The van der Waals surface area contributed by atoms with Crippen LogP contribution in [0.15, 0.2) is 79.0 Å². The molecule has 1 unspecified atom stereocenters. The van der Waals surface area contributed by atoms with Crippen molar-refractivity contribution in [2.45, 2.75) is 12.2 Å². The molecule has 3 rings (SSSR count). The number of carbonyl (C=O) groups is 1. The molecule has 1 atom stereocenters. The molecule has 1 amide bonds. The van der Waals surface area contributed by atoms with Crippen LogP contribution in [0.4, 0.5) is 13.2 Å². The molecule has 0 saturated carbocycles. The molecule has 2 aromatic carbocycles. The van der Waals surface area contributed by atoms with Crippen LogP contribution in [-0.4, -0.2) is 29.4 Å². The first-order valence-corrected chi connectivity index (χ1v) is 8.88. The smallest absolute Gasteiger partial charge is 0.419 e. The van der Waals surface area contributed by atoms with Crippen LogP contribution in [0, 0.1) is 0 Å². The summed E-state index contributed by atoms with van der Waals surface area (Å²) in [5.74, 6) is -0.850. The Morgan fingerprint density at radius 3 is 2.31 bits per heavy atom. The maximum Gasteiger partial charge on any atom is 0.419 e. The molecule has 0 N–H and O–H groups in total. The van der Waals surface area contributed by atoms with Gasteiger partial charge in [-0.3, -0.25) is 9.78 Å². The standard InChI is InChI=1S/C22H19F3N2O2/c1-27(20(28)15-29-19-13-6-5-11-17(19)22(23,24)25)21(16-9-3-2-4-10-16)18-12-7-8-14-26-18/h2-14,21H,15H2,1H3. The maximum absolute atomic E-state index is 13.1. The summed E-state index contributed by atoms with van der Waals surface area (Å²) < 4.78 is 44.6. The van der Waals surface area contributed by atoms with Gasteiger partial charge in [0.2, 0.25) is 0 Å². The quantitative estimate of drug-likeness (QED) is 0.601. The highest BCUT2D eigenvalue weighted by molar-refractivity contribution is 5.78. The molecule has 0 spiro atoms. The average Bonchev–Trinajstić information content (AvgIpc) is 2.73. The monoisotopic (exact) mass is 400 g/mol. The molecule has 0 radical (unpaired) electrons. The number of rotatable bonds is 6. The van der Waals surface area contributed by atoms with Crippen LogP contribution < -0.4 is 4.74 Å². The zero-order valence-electron chi connectivity index (χ0n) is 15.6. The SMILES string of the molecule is CN(C(=O)COc1ccccc1C(F)(F)F)C(c1ccccc1)c1ccccn1. The topological polar surface area (TPSA) is 42.4 Å². The minimum absolute atomic E-state index is 0.379. The zero-order chi connectivity index (χ0) is 20.9. The summed E-state index contributed by atoms with van der Waals surface area (Å²) in [5.41, 5.74) is 0.558. The number of pyridine rings is 1. The predicted octanol–water partition coefficient (Wildman–Crippen LogP) is 4.73. The van der Waals surface area contributed by atoms with Gasteiger partial charge in [-0.2, -0.15) is 13.2 Å². The first-order chi connectivity index (χ1) is 13.9. The fourth-order valence-corrected chi connectivity index (χ4v) is 2.98. The molecule has 0 fully saturated rings. The van der Waals surface area contributed by atoms with Gasteiger partial charge in [-0.25, -0.2) is 0 Å². The van der Waals surface area contributed by atoms with Crippen LogP contribution in [0.25, 0.3) is 0 Å². The number of likely N-dealkylation sites (N-methyl/N-ethyl adjacent to an activating group) is 1. The van der Waals surface area contributed by atoms with E-state index in [1.807, 2.05) is 36.4 Å². The molecule has 29 heavy (non-hydrogen) atoms. The van der Waals surface area contributed by atoms with Crippen LogP contribution in [0.5, 0.6) is 5.75 Å². The molecule has 1 heterocycles. The average molecular weight is 400 g/mol. The third-order valence-electron chi connectivity index (χ3n) is 4.41. The number of hydrogen-bond donors (Lipinski definition) is 0. The minimum atomic E-state index is -4.56. The summed E-state index contributed by atoms with van der Waals surface area (Å²) >= 11 is 0. The lowest BCUT2D eigenvalue weighted by molar-refractivity contribution is -0.141. The highest BCUT2D eigenvalue weighted by Gasteiger charge is 2.34. The van der Waals surface area contributed by atoms with E-state index in [4.69, 9.17) is 4.74 Å². The summed E-state index contributed by atoms with van der Waals surface area (Å²) in [5, 5.41) is 0. The number of halogens is 3. The van der Waals surface area contributed by atoms with E-state index < -0.39 is 30.3 Å². The van der Waals surface area contributed by atoms with Crippen LogP contribution in [-0.2, 0) is 11.0 Å². The second-order valence-corrected chi connectivity index (χ2v) is 6.36. The molecule has 0 bridgehead atoms. The molecule has 3 aromatic rings. The molecule has 7 heteroatoms. The van der Waals surface area contributed by atoms with Crippen molar-refractivity contribution in [3.8, 4) is 5.75 Å². The van der Waals surface area contributed by atoms with E-state index in [-0.39, 0.29) is 5.75 Å². The summed E-state index contributed by atoms with van der Waals surface area (Å²) in [6, 6.07) is 19.0. The maximum atomic E-state index is 13.1. The lowest BCUT2D eigenvalue weighted by Gasteiger charge is -2.28. The Kier molecular flexibility index (Phi) is 6.16. The fraction of sp³-hybridized carbons (Fsp3) is 0.182. The van der Waals surface area contributed by atoms with Gasteiger partial charge < -0.3 is 9.64 Å². The fourth-order valence-electron chi connectivity index (χ4n) is 2.98. The summed E-state index contributed by atoms with van der Waals surface area (Å²) in [6.45, 7) is -0.528. The number of nitrogens with zero attached hydrogens (tertiary/aromatic N) is 2. The van der Waals surface area contributed by atoms with Crippen molar-refractivity contribution in [1.29, 1.82) is 0 Å². The third kappa shape index (κ3) is 4.93. The van der Waals surface area contributed by atoms with E-state index in [1.54, 1.807) is 25.4 Å². The van der Waals surface area contributed by atoms with Crippen LogP contribution in [0.2, 0.25) is 0 Å². The summed E-state index contributed by atoms with van der Waals surface area (Å²) in [6.07, 6.45) is -2.94. The van der Waals surface area contributed by atoms with Crippen molar-refractivity contribution in [2.75, 3.05) is 13.7 Å². The van der Waals surface area contributed by atoms with E-state index in [1.165, 1.54) is 23.1 Å². The van der Waals surface area contributed by atoms with Crippen LogP contribution >= 0.6 is 0 Å². The van der Waals surface area contributed by atoms with Gasteiger partial charge in [0.05, 0.1) is 17.3 Å². The zero-order valence-corrected chi connectivity index (χ0v) is 15.6. The number of hydrogen-bond acceptors (Lipinski definition) is 3. The van der Waals surface area contributed by atoms with Crippen molar-refractivity contribution < 1.29 is 22.7 Å². The van der Waals surface area contributed by atoms with Gasteiger partial charge in [0.1, 0.15) is 5.75 Å². The van der Waals surface area contributed by atoms with Crippen molar-refractivity contribution in [3.05, 3.63) is 95.8 Å². The Morgan fingerprint density at radius 1 is 1.00 bits per heavy atom. The molecule has 0 aliphatic heterocycles. The van der Waals surface area contributed by atoms with Crippen LogP contribution in [0.1, 0.15) is 22.9 Å². The molecular weight excluding hydrogens is 381 g/mol. The highest BCUT2D eigenvalue weighted by Crippen LogP contribution is 2.36. The summed E-state index contributed by atoms with van der Waals surface area (Å²) in [4.78, 5) is 18.5. The Morgan fingerprint density at radius 2 is 1.66 bits per heavy atom. The second kappa shape index (κ2) is 8.77. The van der Waals surface area contributed by atoms with E-state index >= 15 is 0 Å². The number of benzene rings is 2. The van der Waals surface area contributed by atoms with Crippen molar-refractivity contribution in [3.63, 3.8) is 0 Å². The number of para-hydroxylation sites is 1. The van der Waals surface area contributed by atoms with E-state index in [0.29, 0.717) is 5.69 Å². The van der Waals surface area contributed by atoms with Crippen molar-refractivity contribution in [2.24, 2.45) is 0 Å². The first-order valence-electron chi connectivity index (χ1n) is 8.88. The second-order valence-electron chi connectivity index (χ2n) is 6.36. The summed E-state index contributed by atoms with van der Waals surface area (Å²) in [7, 11) is 1.58. The van der Waals surface area contributed by atoms with Crippen molar-refractivity contribution >= 4 is 5.91 Å². The number of carbonyl (C=O) groups excluding carboxylic acids is 1. The number of ether oxygens (including phenoxy) is 1. The van der Waals surface area contributed by atoms with E-state index in [9.17, 15) is 18.0 Å². The van der Waals surface area contributed by atoms with Gasteiger partial charge in [-0.05, 0) is 29.8 Å². The van der Waals surface area contributed by atoms with E-state index in [2.05, 4.69) is 4.98 Å². The minimum Gasteiger partial charge on any atom is -0.483 e. The Labute approximate surface area is 166 Å². The van der Waals surface area contributed by atoms with Gasteiger partial charge in [-0.15, -0.1) is 0 Å². The van der Waals surface area contributed by atoms with Gasteiger partial charge in [0.15, 0.2) is 6.61 Å². The van der Waals surface area contributed by atoms with Crippen molar-refractivity contribution in [1.82, 2.24) is 9.88 Å². The normalized spacial score (nSPS) is 12.3.